The molecule has 0 aromatic heterocycles. The van der Waals surface area contributed by atoms with Crippen LogP contribution in [-0.4, -0.2) is 63.0 Å². The van der Waals surface area contributed by atoms with Crippen LogP contribution >= 0.6 is 23.4 Å². The zero-order valence-electron chi connectivity index (χ0n) is 20.8. The molecule has 0 radical (unpaired) electrons. The van der Waals surface area contributed by atoms with E-state index >= 15 is 0 Å². The summed E-state index contributed by atoms with van der Waals surface area (Å²) in [6.07, 6.45) is 2.33. The van der Waals surface area contributed by atoms with Crippen molar-refractivity contribution >= 4 is 46.8 Å². The molecule has 1 aromatic rings. The number of carbonyl (C=O) groups is 3. The van der Waals surface area contributed by atoms with Crippen LogP contribution in [0.3, 0.4) is 0 Å². The number of carbonyl (C=O) groups excluding carboxylic acids is 3. The number of likely N-dealkylation sites (tertiary alicyclic amines) is 1. The molecule has 7 nitrogen and oxygen atoms in total. The van der Waals surface area contributed by atoms with Gasteiger partial charge in [0.1, 0.15) is 6.04 Å². The number of halogens is 1. The number of anilines is 1. The van der Waals surface area contributed by atoms with E-state index in [9.17, 15) is 19.5 Å². The van der Waals surface area contributed by atoms with Crippen LogP contribution in [0.4, 0.5) is 5.69 Å². The van der Waals surface area contributed by atoms with Crippen LogP contribution in [0, 0.1) is 23.7 Å². The van der Waals surface area contributed by atoms with Gasteiger partial charge in [-0.05, 0) is 36.8 Å². The highest BCUT2D eigenvalue weighted by atomic mass is 35.5. The summed E-state index contributed by atoms with van der Waals surface area (Å²) in [5.74, 6) is -1.64. The Morgan fingerprint density at radius 2 is 2.00 bits per heavy atom. The number of para-hydroxylation sites is 1. The van der Waals surface area contributed by atoms with E-state index in [1.165, 1.54) is 0 Å². The van der Waals surface area contributed by atoms with Gasteiger partial charge in [0, 0.05) is 11.8 Å². The Morgan fingerprint density at radius 3 is 2.63 bits per heavy atom. The summed E-state index contributed by atoms with van der Waals surface area (Å²) in [6.45, 7) is 8.40. The second kappa shape index (κ2) is 10.3. The minimum absolute atomic E-state index is 0.00950. The minimum Gasteiger partial charge on any atom is -0.394 e. The zero-order chi connectivity index (χ0) is 25.5. The maximum Gasteiger partial charge on any atom is 0.248 e. The first-order chi connectivity index (χ1) is 16.7. The number of benzene rings is 1. The molecule has 192 valence electrons. The molecule has 8 atom stereocenters. The summed E-state index contributed by atoms with van der Waals surface area (Å²) < 4.78 is -0.734. The lowest BCUT2D eigenvalue weighted by Crippen LogP contribution is -2.58. The molecular formula is C26H36ClN3O4S. The van der Waals surface area contributed by atoms with Crippen molar-refractivity contribution in [3.05, 3.63) is 29.3 Å². The fourth-order valence-electron chi connectivity index (χ4n) is 6.36. The Morgan fingerprint density at radius 1 is 1.29 bits per heavy atom. The van der Waals surface area contributed by atoms with Crippen molar-refractivity contribution in [1.82, 2.24) is 10.2 Å². The number of aliphatic hydroxyl groups is 1. The first-order valence-electron chi connectivity index (χ1n) is 12.7. The van der Waals surface area contributed by atoms with Crippen molar-refractivity contribution in [2.45, 2.75) is 69.0 Å². The summed E-state index contributed by atoms with van der Waals surface area (Å²) in [5.41, 5.74) is 0.484. The van der Waals surface area contributed by atoms with Crippen molar-refractivity contribution < 1.29 is 19.5 Å². The number of thioether (sulfide) groups is 1. The molecule has 3 aliphatic heterocycles. The lowest BCUT2D eigenvalue weighted by Gasteiger charge is -2.41. The smallest absolute Gasteiger partial charge is 0.248 e. The number of hydrogen-bond acceptors (Lipinski definition) is 5. The molecule has 9 heteroatoms. The Kier molecular flexibility index (Phi) is 7.74. The van der Waals surface area contributed by atoms with Gasteiger partial charge in [0.05, 0.1) is 39.9 Å². The van der Waals surface area contributed by atoms with Crippen molar-refractivity contribution in [3.63, 3.8) is 0 Å². The highest BCUT2D eigenvalue weighted by Crippen LogP contribution is 2.69. The molecule has 3 heterocycles. The van der Waals surface area contributed by atoms with Gasteiger partial charge in [-0.15, -0.1) is 11.8 Å². The SMILES string of the molecule is CCCNC(=O)[C@@H]1[C@H]2C(=O)N([C@@H](CO)[C@@H](C)CC)C(C(=O)Nc3ccccc3Cl)C23S[C@@H]1CC3C. The number of rotatable bonds is 9. The highest BCUT2D eigenvalue weighted by molar-refractivity contribution is 8.02. The summed E-state index contributed by atoms with van der Waals surface area (Å²) in [7, 11) is 0. The van der Waals surface area contributed by atoms with Crippen LogP contribution in [0.2, 0.25) is 5.02 Å². The number of fused-ring (bicyclic) bond motifs is 1. The predicted octanol–water partition coefficient (Wildman–Crippen LogP) is 3.55. The van der Waals surface area contributed by atoms with Crippen LogP contribution in [0.25, 0.3) is 0 Å². The van der Waals surface area contributed by atoms with Gasteiger partial charge in [-0.1, -0.05) is 57.8 Å². The average Bonchev–Trinajstić information content (AvgIpc) is 3.43. The highest BCUT2D eigenvalue weighted by Gasteiger charge is 2.76. The molecule has 1 spiro atoms. The molecule has 35 heavy (non-hydrogen) atoms. The number of amides is 3. The van der Waals surface area contributed by atoms with Crippen LogP contribution in [0.5, 0.6) is 0 Å². The maximum absolute atomic E-state index is 14.2. The van der Waals surface area contributed by atoms with E-state index in [0.29, 0.717) is 17.3 Å². The monoisotopic (exact) mass is 521 g/mol. The third-order valence-corrected chi connectivity index (χ3v) is 10.7. The number of aliphatic hydroxyl groups excluding tert-OH is 1. The third kappa shape index (κ3) is 4.15. The summed E-state index contributed by atoms with van der Waals surface area (Å²) in [4.78, 5) is 43.1. The second-order valence-corrected chi connectivity index (χ2v) is 12.1. The molecular weight excluding hydrogens is 486 g/mol. The van der Waals surface area contributed by atoms with E-state index < -0.39 is 28.7 Å². The van der Waals surface area contributed by atoms with Crippen molar-refractivity contribution in [3.8, 4) is 0 Å². The summed E-state index contributed by atoms with van der Waals surface area (Å²) in [6, 6.07) is 5.70. The molecule has 3 unspecified atom stereocenters. The number of nitrogens with zero attached hydrogens (tertiary/aromatic N) is 1. The van der Waals surface area contributed by atoms with E-state index in [-0.39, 0.29) is 41.4 Å². The average molecular weight is 522 g/mol. The second-order valence-electron chi connectivity index (χ2n) is 10.2. The molecule has 2 bridgehead atoms. The van der Waals surface area contributed by atoms with Crippen LogP contribution in [0.15, 0.2) is 24.3 Å². The standard InChI is InChI=1S/C26H36ClN3O4S/c1-5-11-28-23(32)20-19-12-15(4)26(35-19)21(20)25(34)30(18(13-31)14(3)6-2)22(26)24(33)29-17-10-8-7-9-16(17)27/h7-10,14-15,18-22,31H,5-6,11-13H2,1-4H3,(H,28,32)(H,29,33)/t14-,15?,18-,19+,20-,21-,22?,26?/m0/s1. The minimum atomic E-state index is -0.809. The largest absolute Gasteiger partial charge is 0.394 e. The lowest BCUT2D eigenvalue weighted by atomic mass is 9.66. The van der Waals surface area contributed by atoms with E-state index in [2.05, 4.69) is 17.6 Å². The van der Waals surface area contributed by atoms with Gasteiger partial charge in [0.25, 0.3) is 0 Å². The maximum atomic E-state index is 14.2. The summed E-state index contributed by atoms with van der Waals surface area (Å²) >= 11 is 7.97. The van der Waals surface area contributed by atoms with Gasteiger partial charge >= 0.3 is 0 Å². The van der Waals surface area contributed by atoms with Gasteiger partial charge in [-0.3, -0.25) is 14.4 Å². The first kappa shape index (κ1) is 26.3. The molecule has 3 saturated heterocycles. The Hall–Kier alpha value is -1.77. The molecule has 3 aliphatic rings. The Bertz CT molecular complexity index is 993. The van der Waals surface area contributed by atoms with Gasteiger partial charge in [0.15, 0.2) is 0 Å². The van der Waals surface area contributed by atoms with Crippen molar-refractivity contribution in [1.29, 1.82) is 0 Å². The fourth-order valence-corrected chi connectivity index (χ4v) is 8.95. The quantitative estimate of drug-likeness (QED) is 0.461. The molecule has 3 fully saturated rings. The molecule has 4 rings (SSSR count). The number of hydrogen-bond donors (Lipinski definition) is 3. The van der Waals surface area contributed by atoms with Crippen LogP contribution in [0.1, 0.15) is 47.0 Å². The van der Waals surface area contributed by atoms with Crippen LogP contribution in [-0.2, 0) is 14.4 Å². The van der Waals surface area contributed by atoms with E-state index in [4.69, 9.17) is 11.6 Å². The molecule has 3 amide bonds. The van der Waals surface area contributed by atoms with Crippen molar-refractivity contribution in [2.75, 3.05) is 18.5 Å². The van der Waals surface area contributed by atoms with Gasteiger partial charge in [0.2, 0.25) is 17.7 Å². The molecule has 1 aromatic carbocycles. The Labute approximate surface area is 216 Å². The normalized spacial score (nSPS) is 32.9. The number of nitrogens with one attached hydrogen (secondary N) is 2. The van der Waals surface area contributed by atoms with E-state index in [1.54, 1.807) is 40.9 Å². The molecule has 0 aliphatic carbocycles. The van der Waals surface area contributed by atoms with Gasteiger partial charge in [-0.2, -0.15) is 0 Å². The molecule has 3 N–H and O–H groups in total. The van der Waals surface area contributed by atoms with Gasteiger partial charge < -0.3 is 20.6 Å². The first-order valence-corrected chi connectivity index (χ1v) is 13.9. The van der Waals surface area contributed by atoms with Crippen LogP contribution < -0.4 is 10.6 Å². The zero-order valence-corrected chi connectivity index (χ0v) is 22.4. The topological polar surface area (TPSA) is 98.7 Å². The fraction of sp³-hybridized carbons (Fsp3) is 0.654. The van der Waals surface area contributed by atoms with Crippen molar-refractivity contribution in [2.24, 2.45) is 23.7 Å². The van der Waals surface area contributed by atoms with E-state index in [1.807, 2.05) is 20.8 Å². The molecule has 0 saturated carbocycles. The predicted molar refractivity (Wildman–Crippen MR) is 139 cm³/mol. The van der Waals surface area contributed by atoms with E-state index in [0.717, 1.165) is 19.3 Å². The lowest BCUT2D eigenvalue weighted by molar-refractivity contribution is -0.143. The third-order valence-electron chi connectivity index (χ3n) is 8.26. The summed E-state index contributed by atoms with van der Waals surface area (Å²) in [5, 5.41) is 16.8. The van der Waals surface area contributed by atoms with Gasteiger partial charge in [-0.25, -0.2) is 0 Å². The Balaban J connectivity index is 1.79.